The molecular formula is C14H18ClN3. The van der Waals surface area contributed by atoms with Crippen LogP contribution >= 0.6 is 11.6 Å². The second-order valence-corrected chi connectivity index (χ2v) is 5.77. The Kier molecular flexibility index (Phi) is 3.73. The molecule has 2 rings (SSSR count). The summed E-state index contributed by atoms with van der Waals surface area (Å²) in [6, 6.07) is 9.66. The molecule has 3 nitrogen and oxygen atoms in total. The van der Waals surface area contributed by atoms with Crippen LogP contribution in [0.3, 0.4) is 0 Å². The van der Waals surface area contributed by atoms with Crippen molar-refractivity contribution in [2.45, 2.75) is 32.9 Å². The smallest absolute Gasteiger partial charge is 0.0767 e. The Hall–Kier alpha value is -1.32. The lowest BCUT2D eigenvalue weighted by molar-refractivity contribution is 0.420. The van der Waals surface area contributed by atoms with E-state index in [2.05, 4.69) is 31.2 Å². The number of hydrogen-bond donors (Lipinski definition) is 1. The lowest BCUT2D eigenvalue weighted by Crippen LogP contribution is -2.35. The monoisotopic (exact) mass is 263 g/mol. The van der Waals surface area contributed by atoms with E-state index in [1.807, 2.05) is 41.2 Å². The van der Waals surface area contributed by atoms with E-state index in [1.54, 1.807) is 0 Å². The molecule has 4 heteroatoms. The Morgan fingerprint density at radius 3 is 2.44 bits per heavy atom. The minimum absolute atomic E-state index is 0.101. The van der Waals surface area contributed by atoms with E-state index >= 15 is 0 Å². The number of aromatic nitrogens is 2. The molecule has 1 aromatic carbocycles. The fourth-order valence-electron chi connectivity index (χ4n) is 1.55. The van der Waals surface area contributed by atoms with Crippen molar-refractivity contribution in [3.8, 4) is 5.69 Å². The average molecular weight is 264 g/mol. The minimum atomic E-state index is 0.101. The summed E-state index contributed by atoms with van der Waals surface area (Å²) < 4.78 is 1.86. The number of rotatable bonds is 3. The standard InChI is InChI=1S/C14H18ClN3/c1-14(2,3)16-10-12-8-9-18(17-12)13-6-4-11(15)5-7-13/h4-9,16H,10H2,1-3H3. The highest BCUT2D eigenvalue weighted by Gasteiger charge is 2.09. The van der Waals surface area contributed by atoms with Gasteiger partial charge in [-0.2, -0.15) is 5.10 Å². The van der Waals surface area contributed by atoms with Gasteiger partial charge in [-0.25, -0.2) is 4.68 Å². The summed E-state index contributed by atoms with van der Waals surface area (Å²) in [5, 5.41) is 8.68. The van der Waals surface area contributed by atoms with Crippen LogP contribution in [0.5, 0.6) is 0 Å². The zero-order valence-corrected chi connectivity index (χ0v) is 11.7. The van der Waals surface area contributed by atoms with E-state index in [0.717, 1.165) is 22.9 Å². The Morgan fingerprint density at radius 1 is 1.17 bits per heavy atom. The van der Waals surface area contributed by atoms with Crippen molar-refractivity contribution in [3.63, 3.8) is 0 Å². The van der Waals surface area contributed by atoms with Gasteiger partial charge in [0.1, 0.15) is 0 Å². The Morgan fingerprint density at radius 2 is 1.83 bits per heavy atom. The summed E-state index contributed by atoms with van der Waals surface area (Å²) in [6.45, 7) is 7.19. The molecule has 96 valence electrons. The van der Waals surface area contributed by atoms with E-state index in [4.69, 9.17) is 11.6 Å². The van der Waals surface area contributed by atoms with Crippen LogP contribution in [0, 0.1) is 0 Å². The second kappa shape index (κ2) is 5.12. The highest BCUT2D eigenvalue weighted by molar-refractivity contribution is 6.30. The maximum Gasteiger partial charge on any atom is 0.0767 e. The van der Waals surface area contributed by atoms with Crippen molar-refractivity contribution >= 4 is 11.6 Å². The molecule has 18 heavy (non-hydrogen) atoms. The summed E-state index contributed by atoms with van der Waals surface area (Å²) in [6.07, 6.45) is 1.96. The molecule has 0 atom stereocenters. The summed E-state index contributed by atoms with van der Waals surface area (Å²) in [4.78, 5) is 0. The quantitative estimate of drug-likeness (QED) is 0.920. The summed E-state index contributed by atoms with van der Waals surface area (Å²) in [7, 11) is 0. The zero-order chi connectivity index (χ0) is 13.2. The molecule has 0 saturated carbocycles. The van der Waals surface area contributed by atoms with Crippen molar-refractivity contribution in [2.75, 3.05) is 0 Å². The highest BCUT2D eigenvalue weighted by atomic mass is 35.5. The molecule has 0 amide bonds. The molecular weight excluding hydrogens is 246 g/mol. The van der Waals surface area contributed by atoms with Gasteiger partial charge in [-0.3, -0.25) is 0 Å². The summed E-state index contributed by atoms with van der Waals surface area (Å²) in [5.41, 5.74) is 2.14. The van der Waals surface area contributed by atoms with E-state index < -0.39 is 0 Å². The maximum absolute atomic E-state index is 5.86. The van der Waals surface area contributed by atoms with E-state index in [-0.39, 0.29) is 5.54 Å². The van der Waals surface area contributed by atoms with Crippen molar-refractivity contribution in [1.29, 1.82) is 0 Å². The third-order valence-electron chi connectivity index (χ3n) is 2.54. The highest BCUT2D eigenvalue weighted by Crippen LogP contribution is 2.13. The van der Waals surface area contributed by atoms with Gasteiger partial charge in [0.15, 0.2) is 0 Å². The average Bonchev–Trinajstić information content (AvgIpc) is 2.75. The van der Waals surface area contributed by atoms with Crippen LogP contribution in [0.25, 0.3) is 5.69 Å². The Labute approximate surface area is 113 Å². The molecule has 0 aliphatic heterocycles. The molecule has 1 aromatic heterocycles. The molecule has 0 spiro atoms. The zero-order valence-electron chi connectivity index (χ0n) is 10.9. The minimum Gasteiger partial charge on any atom is -0.306 e. The predicted molar refractivity (Wildman–Crippen MR) is 75.2 cm³/mol. The van der Waals surface area contributed by atoms with Crippen LogP contribution in [0.15, 0.2) is 36.5 Å². The number of hydrogen-bond acceptors (Lipinski definition) is 2. The van der Waals surface area contributed by atoms with Gasteiger partial charge in [0.2, 0.25) is 0 Å². The van der Waals surface area contributed by atoms with Gasteiger partial charge in [-0.15, -0.1) is 0 Å². The number of halogens is 1. The molecule has 0 bridgehead atoms. The first-order valence-electron chi connectivity index (χ1n) is 5.99. The summed E-state index contributed by atoms with van der Waals surface area (Å²) >= 11 is 5.86. The number of nitrogens with one attached hydrogen (secondary N) is 1. The van der Waals surface area contributed by atoms with E-state index in [9.17, 15) is 0 Å². The first kappa shape index (κ1) is 13.1. The first-order valence-corrected chi connectivity index (χ1v) is 6.37. The fourth-order valence-corrected chi connectivity index (χ4v) is 1.68. The Bertz CT molecular complexity index is 509. The van der Waals surface area contributed by atoms with Gasteiger partial charge in [0.25, 0.3) is 0 Å². The van der Waals surface area contributed by atoms with Crippen molar-refractivity contribution in [3.05, 3.63) is 47.2 Å². The molecule has 1 N–H and O–H groups in total. The van der Waals surface area contributed by atoms with Crippen molar-refractivity contribution in [1.82, 2.24) is 15.1 Å². The van der Waals surface area contributed by atoms with Crippen molar-refractivity contribution < 1.29 is 0 Å². The third kappa shape index (κ3) is 3.59. The maximum atomic E-state index is 5.86. The van der Waals surface area contributed by atoms with Gasteiger partial charge in [-0.05, 0) is 51.1 Å². The van der Waals surface area contributed by atoms with Crippen LogP contribution < -0.4 is 5.32 Å². The van der Waals surface area contributed by atoms with Crippen LogP contribution in [0.2, 0.25) is 5.02 Å². The van der Waals surface area contributed by atoms with Gasteiger partial charge in [0.05, 0.1) is 11.4 Å². The van der Waals surface area contributed by atoms with E-state index in [1.165, 1.54) is 0 Å². The molecule has 0 saturated heterocycles. The molecule has 0 aliphatic rings. The van der Waals surface area contributed by atoms with Gasteiger partial charge in [-0.1, -0.05) is 11.6 Å². The lowest BCUT2D eigenvalue weighted by Gasteiger charge is -2.19. The third-order valence-corrected chi connectivity index (χ3v) is 2.79. The predicted octanol–water partition coefficient (Wildman–Crippen LogP) is 3.41. The molecule has 0 fully saturated rings. The van der Waals surface area contributed by atoms with Crippen LogP contribution in [-0.2, 0) is 6.54 Å². The van der Waals surface area contributed by atoms with Crippen molar-refractivity contribution in [2.24, 2.45) is 0 Å². The van der Waals surface area contributed by atoms with Gasteiger partial charge >= 0.3 is 0 Å². The van der Waals surface area contributed by atoms with Crippen LogP contribution in [0.1, 0.15) is 26.5 Å². The molecule has 0 aliphatic carbocycles. The van der Waals surface area contributed by atoms with Crippen LogP contribution in [0.4, 0.5) is 0 Å². The second-order valence-electron chi connectivity index (χ2n) is 5.33. The molecule has 2 aromatic rings. The van der Waals surface area contributed by atoms with Crippen LogP contribution in [-0.4, -0.2) is 15.3 Å². The number of nitrogens with zero attached hydrogens (tertiary/aromatic N) is 2. The first-order chi connectivity index (χ1) is 8.44. The summed E-state index contributed by atoms with van der Waals surface area (Å²) in [5.74, 6) is 0. The molecule has 0 radical (unpaired) electrons. The Balaban J connectivity index is 2.08. The lowest BCUT2D eigenvalue weighted by atomic mass is 10.1. The van der Waals surface area contributed by atoms with Gasteiger partial charge < -0.3 is 5.32 Å². The van der Waals surface area contributed by atoms with E-state index in [0.29, 0.717) is 0 Å². The molecule has 0 unspecified atom stereocenters. The molecule has 1 heterocycles. The normalized spacial score (nSPS) is 11.8. The SMILES string of the molecule is CC(C)(C)NCc1ccn(-c2ccc(Cl)cc2)n1. The largest absolute Gasteiger partial charge is 0.306 e. The van der Waals surface area contributed by atoms with Gasteiger partial charge in [0, 0.05) is 23.3 Å². The topological polar surface area (TPSA) is 29.9 Å². The number of benzene rings is 1. The fraction of sp³-hybridized carbons (Fsp3) is 0.357.